The molecular formula is C29H27FN2O2. The first-order valence-electron chi connectivity index (χ1n) is 12.1. The lowest BCUT2D eigenvalue weighted by atomic mass is 9.83. The van der Waals surface area contributed by atoms with Crippen LogP contribution in [0.2, 0.25) is 0 Å². The van der Waals surface area contributed by atoms with Gasteiger partial charge in [0.2, 0.25) is 0 Å². The molecule has 0 radical (unpaired) electrons. The number of fused-ring (bicyclic) bond motifs is 5. The number of carbonyl (C=O) groups excluding carboxylic acids is 1. The lowest BCUT2D eigenvalue weighted by molar-refractivity contribution is 0.0538. The van der Waals surface area contributed by atoms with E-state index in [4.69, 9.17) is 4.74 Å². The highest BCUT2D eigenvalue weighted by atomic mass is 19.1. The van der Waals surface area contributed by atoms with Crippen LogP contribution in [0, 0.1) is 12.7 Å². The van der Waals surface area contributed by atoms with Crippen molar-refractivity contribution in [2.75, 3.05) is 6.61 Å². The van der Waals surface area contributed by atoms with Crippen molar-refractivity contribution in [1.82, 2.24) is 9.88 Å². The number of hydrogen-bond donors (Lipinski definition) is 0. The number of pyridine rings is 1. The van der Waals surface area contributed by atoms with Crippen LogP contribution in [0.1, 0.15) is 54.0 Å². The Balaban J connectivity index is 1.23. The molecule has 4 nitrogen and oxygen atoms in total. The maximum atomic E-state index is 13.6. The fraction of sp³-hybridized carbons (Fsp3) is 0.310. The predicted molar refractivity (Wildman–Crippen MR) is 130 cm³/mol. The van der Waals surface area contributed by atoms with Crippen molar-refractivity contribution in [3.05, 3.63) is 95.1 Å². The Labute approximate surface area is 199 Å². The Morgan fingerprint density at radius 1 is 1.09 bits per heavy atom. The van der Waals surface area contributed by atoms with Crippen molar-refractivity contribution in [3.63, 3.8) is 0 Å². The number of piperidine rings is 1. The molecule has 3 heterocycles. The number of carbonyl (C=O) groups is 1. The number of nitrogens with zero attached hydrogens (tertiary/aromatic N) is 2. The topological polar surface area (TPSA) is 42.4 Å². The smallest absolute Gasteiger partial charge is 0.410 e. The summed E-state index contributed by atoms with van der Waals surface area (Å²) in [5.74, 6) is -0.267. The molecule has 2 atom stereocenters. The van der Waals surface area contributed by atoms with Crippen LogP contribution in [0.15, 0.2) is 66.9 Å². The van der Waals surface area contributed by atoms with Gasteiger partial charge in [0.1, 0.15) is 12.4 Å². The minimum absolute atomic E-state index is 0.00981. The molecule has 1 aromatic heterocycles. The van der Waals surface area contributed by atoms with E-state index >= 15 is 0 Å². The Bertz CT molecular complexity index is 1260. The van der Waals surface area contributed by atoms with Gasteiger partial charge in [-0.2, -0.15) is 0 Å². The zero-order chi connectivity index (χ0) is 23.2. The van der Waals surface area contributed by atoms with E-state index in [0.29, 0.717) is 6.61 Å². The average Bonchev–Trinajstić information content (AvgIpc) is 3.15. The third-order valence-corrected chi connectivity index (χ3v) is 7.53. The molecule has 1 saturated heterocycles. The van der Waals surface area contributed by atoms with Gasteiger partial charge in [0.15, 0.2) is 0 Å². The van der Waals surface area contributed by atoms with Crippen molar-refractivity contribution in [3.8, 4) is 11.1 Å². The number of ether oxygens (including phenoxy) is 1. The van der Waals surface area contributed by atoms with Crippen LogP contribution < -0.4 is 0 Å². The molecule has 172 valence electrons. The van der Waals surface area contributed by atoms with Gasteiger partial charge >= 0.3 is 6.09 Å². The van der Waals surface area contributed by atoms with Gasteiger partial charge < -0.3 is 4.74 Å². The molecule has 3 aromatic rings. The Kier molecular flexibility index (Phi) is 5.20. The molecule has 2 aliphatic heterocycles. The lowest BCUT2D eigenvalue weighted by Crippen LogP contribution is -2.52. The normalized spacial score (nSPS) is 21.0. The van der Waals surface area contributed by atoms with Gasteiger partial charge in [0, 0.05) is 12.0 Å². The number of aromatic nitrogens is 1. The van der Waals surface area contributed by atoms with Crippen LogP contribution in [-0.2, 0) is 4.74 Å². The van der Waals surface area contributed by atoms with Crippen LogP contribution in [0.5, 0.6) is 0 Å². The van der Waals surface area contributed by atoms with Gasteiger partial charge in [-0.15, -0.1) is 0 Å². The first-order chi connectivity index (χ1) is 16.6. The van der Waals surface area contributed by atoms with E-state index in [1.807, 2.05) is 24.0 Å². The van der Waals surface area contributed by atoms with Crippen LogP contribution >= 0.6 is 0 Å². The Morgan fingerprint density at radius 3 is 2.47 bits per heavy atom. The summed E-state index contributed by atoms with van der Waals surface area (Å²) < 4.78 is 19.5. The first-order valence-corrected chi connectivity index (χ1v) is 12.1. The zero-order valence-corrected chi connectivity index (χ0v) is 19.2. The van der Waals surface area contributed by atoms with E-state index in [1.54, 1.807) is 0 Å². The van der Waals surface area contributed by atoms with Crippen LogP contribution in [-0.4, -0.2) is 34.7 Å². The number of halogens is 1. The third kappa shape index (κ3) is 3.51. The van der Waals surface area contributed by atoms with E-state index < -0.39 is 0 Å². The minimum atomic E-state index is -0.321. The quantitative estimate of drug-likeness (QED) is 0.454. The summed E-state index contributed by atoms with van der Waals surface area (Å²) in [4.78, 5) is 19.6. The van der Waals surface area contributed by atoms with Crippen LogP contribution in [0.3, 0.4) is 0 Å². The zero-order valence-electron chi connectivity index (χ0n) is 19.2. The average molecular weight is 455 g/mol. The molecule has 0 spiro atoms. The van der Waals surface area contributed by atoms with E-state index in [0.717, 1.165) is 42.5 Å². The van der Waals surface area contributed by atoms with Gasteiger partial charge in [0.25, 0.3) is 0 Å². The van der Waals surface area contributed by atoms with Gasteiger partial charge in [-0.25, -0.2) is 9.18 Å². The maximum absolute atomic E-state index is 13.6. The molecule has 2 bridgehead atoms. The molecule has 1 fully saturated rings. The van der Waals surface area contributed by atoms with Gasteiger partial charge in [0.05, 0.1) is 17.9 Å². The van der Waals surface area contributed by atoms with E-state index in [-0.39, 0.29) is 29.9 Å². The van der Waals surface area contributed by atoms with E-state index in [9.17, 15) is 9.18 Å². The summed E-state index contributed by atoms with van der Waals surface area (Å²) in [6.07, 6.45) is 6.84. The molecule has 0 saturated carbocycles. The summed E-state index contributed by atoms with van der Waals surface area (Å²) in [6, 6.07) is 18.4. The molecule has 5 heteroatoms. The number of rotatable bonds is 3. The molecule has 34 heavy (non-hydrogen) atoms. The summed E-state index contributed by atoms with van der Waals surface area (Å²) in [6.45, 7) is 2.22. The summed E-state index contributed by atoms with van der Waals surface area (Å²) in [5.41, 5.74) is 7.66. The highest BCUT2D eigenvalue weighted by Crippen LogP contribution is 2.45. The molecule has 1 aliphatic carbocycles. The van der Waals surface area contributed by atoms with Crippen molar-refractivity contribution >= 4 is 11.7 Å². The largest absolute Gasteiger partial charge is 0.448 e. The maximum Gasteiger partial charge on any atom is 0.410 e. The highest BCUT2D eigenvalue weighted by molar-refractivity contribution is 5.79. The van der Waals surface area contributed by atoms with Crippen LogP contribution in [0.25, 0.3) is 16.7 Å². The number of benzene rings is 2. The molecule has 3 aliphatic rings. The molecule has 2 unspecified atom stereocenters. The second kappa shape index (κ2) is 8.39. The van der Waals surface area contributed by atoms with Gasteiger partial charge in [-0.05, 0) is 72.1 Å². The molecular weight excluding hydrogens is 427 g/mol. The second-order valence-corrected chi connectivity index (χ2v) is 9.58. The van der Waals surface area contributed by atoms with E-state index in [2.05, 4.69) is 47.5 Å². The first kappa shape index (κ1) is 21.1. The molecule has 2 aromatic carbocycles. The van der Waals surface area contributed by atoms with Crippen molar-refractivity contribution < 1.29 is 13.9 Å². The predicted octanol–water partition coefficient (Wildman–Crippen LogP) is 6.49. The summed E-state index contributed by atoms with van der Waals surface area (Å²) >= 11 is 0. The van der Waals surface area contributed by atoms with Crippen LogP contribution in [0.4, 0.5) is 9.18 Å². The van der Waals surface area contributed by atoms with Gasteiger partial charge in [-0.1, -0.05) is 54.6 Å². The van der Waals surface area contributed by atoms with E-state index in [1.165, 1.54) is 34.5 Å². The number of hydrogen-bond acceptors (Lipinski definition) is 3. The van der Waals surface area contributed by atoms with Gasteiger partial charge in [-0.3, -0.25) is 9.88 Å². The highest BCUT2D eigenvalue weighted by Gasteiger charge is 2.39. The number of amides is 1. The second-order valence-electron chi connectivity index (χ2n) is 9.58. The minimum Gasteiger partial charge on any atom is -0.448 e. The Morgan fingerprint density at radius 2 is 1.79 bits per heavy atom. The molecule has 1 amide bonds. The number of aryl methyl sites for hydroxylation is 1. The summed E-state index contributed by atoms with van der Waals surface area (Å²) in [7, 11) is 0. The van der Waals surface area contributed by atoms with Crippen molar-refractivity contribution in [2.45, 2.75) is 50.6 Å². The lowest BCUT2D eigenvalue weighted by Gasteiger charge is -2.44. The molecule has 6 rings (SSSR count). The SMILES string of the molecule is Cc1cc(F)cnc1C1=CC2CCCC(C1)N2C(=O)OCC1c2ccccc2-c2ccccc21. The fourth-order valence-corrected chi connectivity index (χ4v) is 6.04. The van der Waals surface area contributed by atoms with Crippen molar-refractivity contribution in [2.24, 2.45) is 0 Å². The standard InChI is InChI=1S/C29H27FN2O2/c1-18-13-20(30)16-31-28(18)19-14-21-7-6-8-22(15-19)32(21)29(33)34-17-27-25-11-4-2-9-23(25)24-10-3-5-12-26(24)27/h2-5,9-14,16,21-22,27H,6-8,15,17H2,1H3. The molecule has 0 N–H and O–H groups in total. The fourth-order valence-electron chi connectivity index (χ4n) is 6.04. The third-order valence-electron chi connectivity index (χ3n) is 7.53. The Hall–Kier alpha value is -3.47. The summed E-state index contributed by atoms with van der Waals surface area (Å²) in [5, 5.41) is 0. The van der Waals surface area contributed by atoms with Crippen molar-refractivity contribution in [1.29, 1.82) is 0 Å². The monoisotopic (exact) mass is 454 g/mol.